The monoisotopic (exact) mass is 193 g/mol. The van der Waals surface area contributed by atoms with Gasteiger partial charge in [0, 0.05) is 23.0 Å². The standard InChI is InChI=1S/C12H7N3/c13-6-9-5-11-12(15-9)10-4-2-1-3-8(10)7-14-11/h1-5,7,15H. The summed E-state index contributed by atoms with van der Waals surface area (Å²) in [4.78, 5) is 7.36. The van der Waals surface area contributed by atoms with Gasteiger partial charge in [-0.2, -0.15) is 5.26 Å². The average Bonchev–Trinajstić information content (AvgIpc) is 2.72. The van der Waals surface area contributed by atoms with Gasteiger partial charge in [-0.25, -0.2) is 0 Å². The molecule has 3 aromatic rings. The van der Waals surface area contributed by atoms with E-state index in [4.69, 9.17) is 5.26 Å². The molecule has 3 rings (SSSR count). The molecule has 0 amide bonds. The van der Waals surface area contributed by atoms with Gasteiger partial charge in [-0.15, -0.1) is 0 Å². The van der Waals surface area contributed by atoms with Gasteiger partial charge in [-0.05, 0) is 0 Å². The third kappa shape index (κ3) is 1.09. The zero-order valence-corrected chi connectivity index (χ0v) is 7.86. The molecule has 0 saturated heterocycles. The number of benzene rings is 1. The summed E-state index contributed by atoms with van der Waals surface area (Å²) < 4.78 is 0. The van der Waals surface area contributed by atoms with Gasteiger partial charge in [-0.1, -0.05) is 24.3 Å². The van der Waals surface area contributed by atoms with Crippen LogP contribution in [0.3, 0.4) is 0 Å². The molecule has 70 valence electrons. The van der Waals surface area contributed by atoms with E-state index in [1.165, 1.54) is 0 Å². The van der Waals surface area contributed by atoms with E-state index in [-0.39, 0.29) is 0 Å². The van der Waals surface area contributed by atoms with Crippen molar-refractivity contribution >= 4 is 21.8 Å². The van der Waals surface area contributed by atoms with Gasteiger partial charge in [0.2, 0.25) is 0 Å². The van der Waals surface area contributed by atoms with Crippen LogP contribution in [0.4, 0.5) is 0 Å². The van der Waals surface area contributed by atoms with Crippen LogP contribution in [0.1, 0.15) is 5.69 Å². The number of hydrogen-bond acceptors (Lipinski definition) is 2. The highest BCUT2D eigenvalue weighted by atomic mass is 14.8. The maximum absolute atomic E-state index is 8.80. The Morgan fingerprint density at radius 1 is 1.27 bits per heavy atom. The molecule has 3 heteroatoms. The number of pyridine rings is 1. The van der Waals surface area contributed by atoms with Gasteiger partial charge in [0.15, 0.2) is 0 Å². The number of hydrogen-bond donors (Lipinski definition) is 1. The largest absolute Gasteiger partial charge is 0.345 e. The lowest BCUT2D eigenvalue weighted by atomic mass is 10.1. The Hall–Kier alpha value is -2.34. The predicted molar refractivity (Wildman–Crippen MR) is 58.3 cm³/mol. The molecular weight excluding hydrogens is 186 g/mol. The van der Waals surface area contributed by atoms with Crippen molar-refractivity contribution in [2.45, 2.75) is 0 Å². The Labute approximate surface area is 86.0 Å². The minimum absolute atomic E-state index is 0.550. The van der Waals surface area contributed by atoms with Crippen LogP contribution < -0.4 is 0 Å². The second-order valence-electron chi connectivity index (χ2n) is 3.40. The fraction of sp³-hybridized carbons (Fsp3) is 0. The number of nitrogens with one attached hydrogen (secondary N) is 1. The smallest absolute Gasteiger partial charge is 0.120 e. The first-order valence-corrected chi connectivity index (χ1v) is 4.65. The van der Waals surface area contributed by atoms with E-state index < -0.39 is 0 Å². The molecular formula is C12H7N3. The third-order valence-electron chi connectivity index (χ3n) is 2.49. The molecule has 0 aliphatic rings. The number of aromatic amines is 1. The highest BCUT2D eigenvalue weighted by Gasteiger charge is 2.04. The third-order valence-corrected chi connectivity index (χ3v) is 2.49. The zero-order chi connectivity index (χ0) is 10.3. The average molecular weight is 193 g/mol. The van der Waals surface area contributed by atoms with Gasteiger partial charge in [0.25, 0.3) is 0 Å². The van der Waals surface area contributed by atoms with E-state index in [0.717, 1.165) is 21.8 Å². The highest BCUT2D eigenvalue weighted by Crippen LogP contribution is 2.22. The van der Waals surface area contributed by atoms with E-state index in [0.29, 0.717) is 5.69 Å². The summed E-state index contributed by atoms with van der Waals surface area (Å²) in [5.41, 5.74) is 2.32. The van der Waals surface area contributed by atoms with Crippen molar-refractivity contribution in [3.05, 3.63) is 42.2 Å². The van der Waals surface area contributed by atoms with Crippen molar-refractivity contribution in [3.8, 4) is 6.07 Å². The topological polar surface area (TPSA) is 52.5 Å². The lowest BCUT2D eigenvalue weighted by Crippen LogP contribution is -1.78. The molecule has 0 saturated carbocycles. The van der Waals surface area contributed by atoms with Crippen LogP contribution in [-0.4, -0.2) is 9.97 Å². The lowest BCUT2D eigenvalue weighted by Gasteiger charge is -1.97. The van der Waals surface area contributed by atoms with E-state index >= 15 is 0 Å². The maximum atomic E-state index is 8.80. The molecule has 15 heavy (non-hydrogen) atoms. The molecule has 0 aliphatic carbocycles. The summed E-state index contributed by atoms with van der Waals surface area (Å²) in [6.45, 7) is 0. The first kappa shape index (κ1) is 8.01. The predicted octanol–water partition coefficient (Wildman–Crippen LogP) is 2.59. The van der Waals surface area contributed by atoms with Crippen LogP contribution in [-0.2, 0) is 0 Å². The Balaban J connectivity index is 2.54. The second kappa shape index (κ2) is 2.82. The van der Waals surface area contributed by atoms with Gasteiger partial charge in [-0.3, -0.25) is 4.98 Å². The van der Waals surface area contributed by atoms with Crippen molar-refractivity contribution in [1.29, 1.82) is 5.26 Å². The molecule has 1 aromatic carbocycles. The fourth-order valence-corrected chi connectivity index (χ4v) is 1.79. The summed E-state index contributed by atoms with van der Waals surface area (Å²) in [7, 11) is 0. The minimum Gasteiger partial charge on any atom is -0.345 e. The minimum atomic E-state index is 0.550. The molecule has 2 heterocycles. The molecule has 0 aliphatic heterocycles. The Morgan fingerprint density at radius 3 is 3.00 bits per heavy atom. The maximum Gasteiger partial charge on any atom is 0.120 e. The molecule has 0 bridgehead atoms. The first-order valence-electron chi connectivity index (χ1n) is 4.65. The summed E-state index contributed by atoms with van der Waals surface area (Å²) in [5, 5.41) is 11.0. The molecule has 3 nitrogen and oxygen atoms in total. The van der Waals surface area contributed by atoms with Crippen molar-refractivity contribution in [2.75, 3.05) is 0 Å². The van der Waals surface area contributed by atoms with Crippen molar-refractivity contribution in [3.63, 3.8) is 0 Å². The lowest BCUT2D eigenvalue weighted by molar-refractivity contribution is 1.37. The van der Waals surface area contributed by atoms with Crippen LogP contribution in [0.5, 0.6) is 0 Å². The molecule has 0 atom stereocenters. The number of nitriles is 1. The highest BCUT2D eigenvalue weighted by molar-refractivity contribution is 6.03. The van der Waals surface area contributed by atoms with Gasteiger partial charge >= 0.3 is 0 Å². The van der Waals surface area contributed by atoms with Gasteiger partial charge < -0.3 is 4.98 Å². The number of nitrogens with zero attached hydrogens (tertiary/aromatic N) is 2. The van der Waals surface area contributed by atoms with E-state index in [9.17, 15) is 0 Å². The second-order valence-corrected chi connectivity index (χ2v) is 3.40. The Kier molecular flexibility index (Phi) is 1.51. The van der Waals surface area contributed by atoms with Crippen LogP contribution in [0.15, 0.2) is 36.5 Å². The summed E-state index contributed by atoms with van der Waals surface area (Å²) in [6.07, 6.45) is 1.83. The van der Waals surface area contributed by atoms with Crippen LogP contribution in [0.25, 0.3) is 21.8 Å². The molecule has 0 radical (unpaired) electrons. The van der Waals surface area contributed by atoms with Gasteiger partial charge in [0.1, 0.15) is 11.8 Å². The zero-order valence-electron chi connectivity index (χ0n) is 7.86. The van der Waals surface area contributed by atoms with Crippen LogP contribution >= 0.6 is 0 Å². The fourth-order valence-electron chi connectivity index (χ4n) is 1.79. The number of fused-ring (bicyclic) bond motifs is 3. The molecule has 1 N–H and O–H groups in total. The molecule has 0 unspecified atom stereocenters. The Bertz CT molecular complexity index is 689. The van der Waals surface area contributed by atoms with Gasteiger partial charge in [0.05, 0.1) is 11.0 Å². The van der Waals surface area contributed by atoms with E-state index in [2.05, 4.69) is 16.0 Å². The Morgan fingerprint density at radius 2 is 2.13 bits per heavy atom. The van der Waals surface area contributed by atoms with Crippen molar-refractivity contribution in [1.82, 2.24) is 9.97 Å². The number of H-pyrrole nitrogens is 1. The normalized spacial score (nSPS) is 10.6. The summed E-state index contributed by atoms with van der Waals surface area (Å²) in [6, 6.07) is 11.8. The van der Waals surface area contributed by atoms with Crippen molar-refractivity contribution < 1.29 is 0 Å². The summed E-state index contributed by atoms with van der Waals surface area (Å²) in [5.74, 6) is 0. The van der Waals surface area contributed by atoms with Crippen LogP contribution in [0, 0.1) is 11.3 Å². The first-order chi connectivity index (χ1) is 7.38. The number of rotatable bonds is 0. The molecule has 2 aromatic heterocycles. The quantitative estimate of drug-likeness (QED) is 0.596. The molecule has 0 spiro atoms. The molecule has 0 fully saturated rings. The van der Waals surface area contributed by atoms with Crippen molar-refractivity contribution in [2.24, 2.45) is 0 Å². The van der Waals surface area contributed by atoms with Crippen LogP contribution in [0.2, 0.25) is 0 Å². The number of aromatic nitrogens is 2. The summed E-state index contributed by atoms with van der Waals surface area (Å²) >= 11 is 0. The van der Waals surface area contributed by atoms with E-state index in [1.807, 2.05) is 30.5 Å². The van der Waals surface area contributed by atoms with E-state index in [1.54, 1.807) is 6.07 Å². The SMILES string of the molecule is N#Cc1cc2ncc3ccccc3c2[nH]1.